The smallest absolute Gasteiger partial charge is 0.146 e. The van der Waals surface area contributed by atoms with Gasteiger partial charge < -0.3 is 10.6 Å². The summed E-state index contributed by atoms with van der Waals surface area (Å²) in [5.41, 5.74) is 0.470. The lowest BCUT2D eigenvalue weighted by atomic mass is 9.91. The molecule has 0 amide bonds. The van der Waals surface area contributed by atoms with Gasteiger partial charge in [-0.25, -0.2) is 4.98 Å². The monoisotopic (exact) mass is 264 g/mol. The molecule has 4 nitrogen and oxygen atoms in total. The van der Waals surface area contributed by atoms with Crippen LogP contribution in [-0.2, 0) is 0 Å². The lowest BCUT2D eigenvalue weighted by Gasteiger charge is -2.29. The van der Waals surface area contributed by atoms with Crippen LogP contribution in [0.1, 0.15) is 31.2 Å². The number of pyridine rings is 1. The number of nitrogens with zero attached hydrogens (tertiary/aromatic N) is 2. The summed E-state index contributed by atoms with van der Waals surface area (Å²) in [5.74, 6) is 0.628. The van der Waals surface area contributed by atoms with E-state index in [-0.39, 0.29) is 0 Å². The van der Waals surface area contributed by atoms with Gasteiger partial charge in [-0.3, -0.25) is 0 Å². The summed E-state index contributed by atoms with van der Waals surface area (Å²) in [4.78, 5) is 4.21. The minimum absolute atomic E-state index is 0.397. The van der Waals surface area contributed by atoms with Crippen molar-refractivity contribution in [2.75, 3.05) is 12.4 Å². The van der Waals surface area contributed by atoms with Crippen LogP contribution < -0.4 is 10.6 Å². The van der Waals surface area contributed by atoms with Gasteiger partial charge in [-0.15, -0.1) is 0 Å². The first-order valence-electron chi connectivity index (χ1n) is 6.23. The number of nitriles is 1. The summed E-state index contributed by atoms with van der Waals surface area (Å²) < 4.78 is 0. The van der Waals surface area contributed by atoms with Crippen molar-refractivity contribution in [2.45, 2.75) is 37.8 Å². The van der Waals surface area contributed by atoms with E-state index < -0.39 is 0 Å². The van der Waals surface area contributed by atoms with Crippen LogP contribution in [-0.4, -0.2) is 24.1 Å². The summed E-state index contributed by atoms with van der Waals surface area (Å²) in [6.07, 6.45) is 6.13. The van der Waals surface area contributed by atoms with Crippen LogP contribution >= 0.6 is 11.6 Å². The van der Waals surface area contributed by atoms with E-state index in [2.05, 4.69) is 21.7 Å². The van der Waals surface area contributed by atoms with Gasteiger partial charge in [-0.2, -0.15) is 5.26 Å². The Morgan fingerprint density at radius 2 is 2.00 bits per heavy atom. The van der Waals surface area contributed by atoms with E-state index in [1.54, 1.807) is 12.3 Å². The van der Waals surface area contributed by atoms with Gasteiger partial charge in [0.2, 0.25) is 0 Å². The molecule has 1 heterocycles. The van der Waals surface area contributed by atoms with E-state index in [1.807, 2.05) is 7.05 Å². The van der Waals surface area contributed by atoms with Gasteiger partial charge in [0, 0.05) is 18.3 Å². The molecule has 5 heteroatoms. The number of halogens is 1. The molecule has 1 aromatic rings. The van der Waals surface area contributed by atoms with Crippen molar-refractivity contribution >= 4 is 17.4 Å². The molecule has 0 aromatic carbocycles. The van der Waals surface area contributed by atoms with Gasteiger partial charge in [0.1, 0.15) is 16.9 Å². The first-order chi connectivity index (χ1) is 8.74. The molecule has 1 saturated carbocycles. The summed E-state index contributed by atoms with van der Waals surface area (Å²) in [5, 5.41) is 16.0. The van der Waals surface area contributed by atoms with E-state index in [0.29, 0.717) is 28.5 Å². The second-order valence-electron chi connectivity index (χ2n) is 4.61. The Bertz CT molecular complexity index is 447. The van der Waals surface area contributed by atoms with Crippen LogP contribution in [0.5, 0.6) is 0 Å². The van der Waals surface area contributed by atoms with Gasteiger partial charge in [0.05, 0.1) is 5.56 Å². The molecule has 1 aliphatic carbocycles. The van der Waals surface area contributed by atoms with Crippen LogP contribution in [0.3, 0.4) is 0 Å². The maximum Gasteiger partial charge on any atom is 0.146 e. The molecule has 0 atom stereocenters. The fraction of sp³-hybridized carbons (Fsp3) is 0.538. The molecule has 0 spiro atoms. The highest BCUT2D eigenvalue weighted by Gasteiger charge is 2.21. The topological polar surface area (TPSA) is 60.7 Å². The van der Waals surface area contributed by atoms with Crippen molar-refractivity contribution in [3.8, 4) is 6.07 Å². The lowest BCUT2D eigenvalue weighted by molar-refractivity contribution is 0.371. The Morgan fingerprint density at radius 3 is 2.61 bits per heavy atom. The molecule has 2 rings (SSSR count). The molecule has 18 heavy (non-hydrogen) atoms. The van der Waals surface area contributed by atoms with Crippen molar-refractivity contribution in [3.63, 3.8) is 0 Å². The van der Waals surface area contributed by atoms with Crippen LogP contribution in [0.4, 0.5) is 5.82 Å². The number of anilines is 1. The molecular weight excluding hydrogens is 248 g/mol. The molecule has 0 radical (unpaired) electrons. The Labute approximate surface area is 112 Å². The predicted molar refractivity (Wildman–Crippen MR) is 72.7 cm³/mol. The normalized spacial score (nSPS) is 23.4. The maximum atomic E-state index is 8.92. The van der Waals surface area contributed by atoms with Crippen LogP contribution in [0.25, 0.3) is 0 Å². The second-order valence-corrected chi connectivity index (χ2v) is 4.99. The number of aromatic nitrogens is 1. The van der Waals surface area contributed by atoms with Crippen molar-refractivity contribution in [1.82, 2.24) is 10.3 Å². The van der Waals surface area contributed by atoms with E-state index in [1.165, 1.54) is 0 Å². The van der Waals surface area contributed by atoms with Crippen molar-refractivity contribution < 1.29 is 0 Å². The third-order valence-corrected chi connectivity index (χ3v) is 3.87. The first kappa shape index (κ1) is 13.1. The van der Waals surface area contributed by atoms with Gasteiger partial charge in [0.15, 0.2) is 0 Å². The van der Waals surface area contributed by atoms with Crippen molar-refractivity contribution in [3.05, 3.63) is 22.8 Å². The highest BCUT2D eigenvalue weighted by atomic mass is 35.5. The average Bonchev–Trinajstić information content (AvgIpc) is 2.42. The minimum Gasteiger partial charge on any atom is -0.366 e. The average molecular weight is 265 g/mol. The van der Waals surface area contributed by atoms with Gasteiger partial charge in [0.25, 0.3) is 0 Å². The molecule has 1 aliphatic rings. The quantitative estimate of drug-likeness (QED) is 0.881. The van der Waals surface area contributed by atoms with Crippen molar-refractivity contribution in [1.29, 1.82) is 5.26 Å². The number of hydrogen-bond donors (Lipinski definition) is 2. The van der Waals surface area contributed by atoms with Crippen molar-refractivity contribution in [2.24, 2.45) is 0 Å². The van der Waals surface area contributed by atoms with Gasteiger partial charge in [-0.1, -0.05) is 11.6 Å². The molecule has 0 saturated heterocycles. The lowest BCUT2D eigenvalue weighted by Crippen LogP contribution is -2.35. The first-order valence-corrected chi connectivity index (χ1v) is 6.60. The number of nitrogens with one attached hydrogen (secondary N) is 2. The minimum atomic E-state index is 0.397. The third-order valence-electron chi connectivity index (χ3n) is 3.49. The highest BCUT2D eigenvalue weighted by molar-refractivity contribution is 6.34. The Balaban J connectivity index is 2.01. The van der Waals surface area contributed by atoms with E-state index in [9.17, 15) is 0 Å². The van der Waals surface area contributed by atoms with Crippen LogP contribution in [0.2, 0.25) is 5.02 Å². The third kappa shape index (κ3) is 2.92. The summed E-state index contributed by atoms with van der Waals surface area (Å²) in [7, 11) is 2.01. The number of rotatable bonds is 3. The van der Waals surface area contributed by atoms with E-state index in [4.69, 9.17) is 16.9 Å². The zero-order valence-corrected chi connectivity index (χ0v) is 11.2. The fourth-order valence-electron chi connectivity index (χ4n) is 2.35. The summed E-state index contributed by atoms with van der Waals surface area (Å²) >= 11 is 6.12. The Kier molecular flexibility index (Phi) is 4.40. The zero-order chi connectivity index (χ0) is 13.0. The molecule has 0 bridgehead atoms. The highest BCUT2D eigenvalue weighted by Crippen LogP contribution is 2.27. The maximum absolute atomic E-state index is 8.92. The molecule has 0 unspecified atom stereocenters. The van der Waals surface area contributed by atoms with Gasteiger partial charge >= 0.3 is 0 Å². The second kappa shape index (κ2) is 6.03. The van der Waals surface area contributed by atoms with Gasteiger partial charge in [-0.05, 0) is 38.8 Å². The SMILES string of the molecule is CNC1CCC(Nc2nccc(C#N)c2Cl)CC1. The fourth-order valence-corrected chi connectivity index (χ4v) is 2.56. The Morgan fingerprint density at radius 1 is 1.33 bits per heavy atom. The number of hydrogen-bond acceptors (Lipinski definition) is 4. The largest absolute Gasteiger partial charge is 0.366 e. The Hall–Kier alpha value is -1.31. The molecule has 96 valence electrons. The molecule has 2 N–H and O–H groups in total. The standard InChI is InChI=1S/C13H17ClN4/c1-16-10-2-4-11(5-3-10)18-13-12(14)9(8-15)6-7-17-13/h6-7,10-11,16H,2-5H2,1H3,(H,17,18). The van der Waals surface area contributed by atoms with Crippen LogP contribution in [0, 0.1) is 11.3 Å². The summed E-state index contributed by atoms with van der Waals surface area (Å²) in [6.45, 7) is 0. The van der Waals surface area contributed by atoms with E-state index in [0.717, 1.165) is 25.7 Å². The van der Waals surface area contributed by atoms with Crippen LogP contribution in [0.15, 0.2) is 12.3 Å². The molecule has 1 fully saturated rings. The molecule has 0 aliphatic heterocycles. The molecular formula is C13H17ClN4. The zero-order valence-electron chi connectivity index (χ0n) is 10.4. The predicted octanol–water partition coefficient (Wildman–Crippen LogP) is 2.55. The van der Waals surface area contributed by atoms with E-state index >= 15 is 0 Å². The molecule has 1 aromatic heterocycles. The summed E-state index contributed by atoms with van der Waals surface area (Å²) in [6, 6.07) is 4.72.